The number of hydrogen-bond donors (Lipinski definition) is 1. The van der Waals surface area contributed by atoms with E-state index in [0.717, 1.165) is 10.8 Å². The van der Waals surface area contributed by atoms with E-state index in [1.807, 2.05) is 44.4 Å². The SMILES string of the molecule is CCSc1c(NC(=O)OC(C)(C)C)nc2ncccn12. The molecule has 2 heterocycles. The van der Waals surface area contributed by atoms with Crippen molar-refractivity contribution in [2.24, 2.45) is 0 Å². The molecule has 0 radical (unpaired) electrons. The standard InChI is InChI=1S/C13H18N4O2S/c1-5-20-10-9(16-12(18)19-13(2,3)4)15-11-14-7-6-8-17(10)11/h6-8H,5H2,1-4H3,(H,16,18). The van der Waals surface area contributed by atoms with Gasteiger partial charge in [-0.2, -0.15) is 4.98 Å². The van der Waals surface area contributed by atoms with Gasteiger partial charge in [-0.25, -0.2) is 9.78 Å². The Balaban J connectivity index is 2.29. The van der Waals surface area contributed by atoms with Crippen LogP contribution in [0.1, 0.15) is 27.7 Å². The molecule has 0 unspecified atom stereocenters. The van der Waals surface area contributed by atoms with Crippen LogP contribution in [0.15, 0.2) is 23.5 Å². The minimum absolute atomic E-state index is 0.477. The average Bonchev–Trinajstić information content (AvgIpc) is 2.66. The number of carbonyl (C=O) groups is 1. The maximum Gasteiger partial charge on any atom is 0.413 e. The van der Waals surface area contributed by atoms with Gasteiger partial charge in [-0.05, 0) is 32.6 Å². The van der Waals surface area contributed by atoms with E-state index in [4.69, 9.17) is 4.74 Å². The van der Waals surface area contributed by atoms with Gasteiger partial charge >= 0.3 is 6.09 Å². The van der Waals surface area contributed by atoms with Gasteiger partial charge in [-0.3, -0.25) is 9.72 Å². The van der Waals surface area contributed by atoms with Crippen LogP contribution in [0.5, 0.6) is 0 Å². The second kappa shape index (κ2) is 5.70. The lowest BCUT2D eigenvalue weighted by atomic mass is 10.2. The van der Waals surface area contributed by atoms with Crippen molar-refractivity contribution < 1.29 is 9.53 Å². The molecular formula is C13H18N4O2S. The van der Waals surface area contributed by atoms with E-state index >= 15 is 0 Å². The lowest BCUT2D eigenvalue weighted by molar-refractivity contribution is 0.0635. The number of amides is 1. The van der Waals surface area contributed by atoms with Crippen molar-refractivity contribution in [1.82, 2.24) is 14.4 Å². The van der Waals surface area contributed by atoms with E-state index < -0.39 is 11.7 Å². The zero-order valence-corrected chi connectivity index (χ0v) is 12.8. The number of aromatic nitrogens is 3. The zero-order chi connectivity index (χ0) is 14.8. The van der Waals surface area contributed by atoms with Crippen molar-refractivity contribution in [3.8, 4) is 0 Å². The fourth-order valence-electron chi connectivity index (χ4n) is 1.62. The highest BCUT2D eigenvalue weighted by Crippen LogP contribution is 2.27. The molecule has 0 aliphatic heterocycles. The molecule has 0 bridgehead atoms. The molecule has 2 rings (SSSR count). The van der Waals surface area contributed by atoms with Gasteiger partial charge in [0.1, 0.15) is 10.6 Å². The molecule has 6 nitrogen and oxygen atoms in total. The van der Waals surface area contributed by atoms with Gasteiger partial charge in [-0.1, -0.05) is 6.92 Å². The first-order valence-electron chi connectivity index (χ1n) is 6.36. The number of nitrogens with one attached hydrogen (secondary N) is 1. The van der Waals surface area contributed by atoms with Crippen molar-refractivity contribution in [1.29, 1.82) is 0 Å². The Labute approximate surface area is 121 Å². The Kier molecular flexibility index (Phi) is 4.17. The van der Waals surface area contributed by atoms with Crippen LogP contribution in [0.25, 0.3) is 5.78 Å². The summed E-state index contributed by atoms with van der Waals surface area (Å²) >= 11 is 1.59. The van der Waals surface area contributed by atoms with Crippen LogP contribution in [-0.4, -0.2) is 31.8 Å². The Morgan fingerprint density at radius 3 is 2.90 bits per heavy atom. The topological polar surface area (TPSA) is 68.5 Å². The minimum atomic E-state index is -0.542. The summed E-state index contributed by atoms with van der Waals surface area (Å²) in [4.78, 5) is 20.3. The maximum absolute atomic E-state index is 11.8. The largest absolute Gasteiger partial charge is 0.444 e. The first-order chi connectivity index (χ1) is 9.40. The summed E-state index contributed by atoms with van der Waals surface area (Å²) in [6, 6.07) is 1.83. The van der Waals surface area contributed by atoms with E-state index in [1.54, 1.807) is 18.0 Å². The van der Waals surface area contributed by atoms with Crippen molar-refractivity contribution in [2.45, 2.75) is 38.3 Å². The molecule has 0 spiro atoms. The molecule has 108 valence electrons. The van der Waals surface area contributed by atoms with Gasteiger partial charge < -0.3 is 4.74 Å². The number of imidazole rings is 1. The highest BCUT2D eigenvalue weighted by Gasteiger charge is 2.20. The maximum atomic E-state index is 11.8. The number of carbonyl (C=O) groups excluding carboxylic acids is 1. The van der Waals surface area contributed by atoms with E-state index in [-0.39, 0.29) is 0 Å². The van der Waals surface area contributed by atoms with Crippen molar-refractivity contribution in [3.05, 3.63) is 18.5 Å². The predicted molar refractivity (Wildman–Crippen MR) is 79.2 cm³/mol. The quantitative estimate of drug-likeness (QED) is 0.880. The van der Waals surface area contributed by atoms with Gasteiger partial charge in [0, 0.05) is 12.4 Å². The Morgan fingerprint density at radius 2 is 2.25 bits per heavy atom. The number of rotatable bonds is 3. The normalized spacial score (nSPS) is 11.6. The minimum Gasteiger partial charge on any atom is -0.444 e. The van der Waals surface area contributed by atoms with Crippen LogP contribution in [0.3, 0.4) is 0 Å². The summed E-state index contributed by atoms with van der Waals surface area (Å²) in [7, 11) is 0. The average molecular weight is 294 g/mol. The number of fused-ring (bicyclic) bond motifs is 1. The Hall–Kier alpha value is -1.76. The van der Waals surface area contributed by atoms with E-state index in [0.29, 0.717) is 11.6 Å². The summed E-state index contributed by atoms with van der Waals surface area (Å²) in [6.45, 7) is 7.50. The molecule has 0 atom stereocenters. The predicted octanol–water partition coefficient (Wildman–Crippen LogP) is 3.19. The zero-order valence-electron chi connectivity index (χ0n) is 12.0. The van der Waals surface area contributed by atoms with Crippen LogP contribution in [0.4, 0.5) is 10.6 Å². The van der Waals surface area contributed by atoms with Crippen LogP contribution < -0.4 is 5.32 Å². The van der Waals surface area contributed by atoms with E-state index in [1.165, 1.54) is 0 Å². The third kappa shape index (κ3) is 3.41. The molecule has 2 aromatic rings. The second-order valence-electron chi connectivity index (χ2n) is 5.12. The molecule has 1 N–H and O–H groups in total. The first-order valence-corrected chi connectivity index (χ1v) is 7.35. The number of nitrogens with zero attached hydrogens (tertiary/aromatic N) is 3. The number of hydrogen-bond acceptors (Lipinski definition) is 5. The highest BCUT2D eigenvalue weighted by molar-refractivity contribution is 7.99. The summed E-state index contributed by atoms with van der Waals surface area (Å²) in [6.07, 6.45) is 3.02. The molecule has 1 amide bonds. The molecule has 2 aromatic heterocycles. The molecule has 0 fully saturated rings. The molecule has 0 aromatic carbocycles. The fourth-order valence-corrected chi connectivity index (χ4v) is 2.41. The molecule has 0 saturated heterocycles. The summed E-state index contributed by atoms with van der Waals surface area (Å²) in [5, 5.41) is 3.54. The lowest BCUT2D eigenvalue weighted by Gasteiger charge is -2.19. The van der Waals surface area contributed by atoms with E-state index in [9.17, 15) is 4.79 Å². The third-order valence-corrected chi connectivity index (χ3v) is 3.21. The molecule has 0 aliphatic rings. The summed E-state index contributed by atoms with van der Waals surface area (Å²) in [5.74, 6) is 1.89. The fraction of sp³-hybridized carbons (Fsp3) is 0.462. The van der Waals surface area contributed by atoms with Gasteiger partial charge in [0.25, 0.3) is 0 Å². The van der Waals surface area contributed by atoms with Crippen molar-refractivity contribution in [3.63, 3.8) is 0 Å². The summed E-state index contributed by atoms with van der Waals surface area (Å²) < 4.78 is 7.09. The van der Waals surface area contributed by atoms with Crippen LogP contribution in [-0.2, 0) is 4.74 Å². The first kappa shape index (κ1) is 14.6. The number of anilines is 1. The molecule has 0 aliphatic carbocycles. The monoisotopic (exact) mass is 294 g/mol. The van der Waals surface area contributed by atoms with Gasteiger partial charge in [0.15, 0.2) is 5.82 Å². The Bertz CT molecular complexity index is 618. The van der Waals surface area contributed by atoms with Gasteiger partial charge in [-0.15, -0.1) is 11.8 Å². The van der Waals surface area contributed by atoms with Crippen LogP contribution >= 0.6 is 11.8 Å². The van der Waals surface area contributed by atoms with Gasteiger partial charge in [0.2, 0.25) is 5.78 Å². The van der Waals surface area contributed by atoms with Crippen LogP contribution in [0.2, 0.25) is 0 Å². The summed E-state index contributed by atoms with van der Waals surface area (Å²) in [5.41, 5.74) is -0.542. The van der Waals surface area contributed by atoms with Crippen molar-refractivity contribution in [2.75, 3.05) is 11.1 Å². The second-order valence-corrected chi connectivity index (χ2v) is 6.37. The van der Waals surface area contributed by atoms with Crippen molar-refractivity contribution >= 4 is 29.5 Å². The number of ether oxygens (including phenoxy) is 1. The smallest absolute Gasteiger partial charge is 0.413 e. The number of thioether (sulfide) groups is 1. The molecular weight excluding hydrogens is 276 g/mol. The third-order valence-electron chi connectivity index (χ3n) is 2.26. The highest BCUT2D eigenvalue weighted by atomic mass is 32.2. The van der Waals surface area contributed by atoms with E-state index in [2.05, 4.69) is 15.3 Å². The Morgan fingerprint density at radius 1 is 1.50 bits per heavy atom. The van der Waals surface area contributed by atoms with Gasteiger partial charge in [0.05, 0.1) is 0 Å². The molecule has 20 heavy (non-hydrogen) atoms. The molecule has 7 heteroatoms. The molecule has 0 saturated carbocycles. The van der Waals surface area contributed by atoms with Crippen LogP contribution in [0, 0.1) is 0 Å². The lowest BCUT2D eigenvalue weighted by Crippen LogP contribution is -2.27.